The number of rotatable bonds is 9. The van der Waals surface area contributed by atoms with Crippen molar-refractivity contribution in [2.75, 3.05) is 0 Å². The molecule has 0 aliphatic heterocycles. The van der Waals surface area contributed by atoms with Crippen LogP contribution in [0.1, 0.15) is 32.6 Å². The molecular weight excluding hydrogens is 260 g/mol. The van der Waals surface area contributed by atoms with Crippen LogP contribution < -0.4 is 0 Å². The second-order valence-corrected chi connectivity index (χ2v) is 4.44. The van der Waals surface area contributed by atoms with Crippen molar-refractivity contribution in [1.82, 2.24) is 0 Å². The summed E-state index contributed by atoms with van der Waals surface area (Å²) in [5, 5.41) is 35.3. The molecule has 8 nitrogen and oxygen atoms in total. The zero-order valence-electron chi connectivity index (χ0n) is 10.3. The molecule has 0 aliphatic carbocycles. The molecule has 0 saturated heterocycles. The minimum Gasteiger partial charge on any atom is -0.481 e. The first kappa shape index (κ1) is 16.9. The summed E-state index contributed by atoms with van der Waals surface area (Å²) < 4.78 is 0. The van der Waals surface area contributed by atoms with Crippen molar-refractivity contribution >= 4 is 23.9 Å². The van der Waals surface area contributed by atoms with Crippen molar-refractivity contribution in [3.05, 3.63) is 0 Å². The summed E-state index contributed by atoms with van der Waals surface area (Å²) in [5.74, 6) is -6.84. The fraction of sp³-hybridized carbons (Fsp3) is 0.636. The Hall–Kier alpha value is -2.12. The molecule has 8 heteroatoms. The molecule has 0 aromatic rings. The van der Waals surface area contributed by atoms with E-state index in [2.05, 4.69) is 0 Å². The lowest BCUT2D eigenvalue weighted by Gasteiger charge is -2.30. The summed E-state index contributed by atoms with van der Waals surface area (Å²) in [4.78, 5) is 43.3. The zero-order valence-corrected chi connectivity index (χ0v) is 10.3. The van der Waals surface area contributed by atoms with E-state index < -0.39 is 48.1 Å². The van der Waals surface area contributed by atoms with Gasteiger partial charge in [-0.2, -0.15) is 0 Å². The van der Waals surface area contributed by atoms with Gasteiger partial charge in [-0.25, -0.2) is 0 Å². The van der Waals surface area contributed by atoms with Gasteiger partial charge in [0.05, 0.1) is 11.3 Å². The molecule has 19 heavy (non-hydrogen) atoms. The Kier molecular flexibility index (Phi) is 5.97. The molecule has 0 aliphatic rings. The van der Waals surface area contributed by atoms with Gasteiger partial charge in [0, 0.05) is 12.8 Å². The standard InChI is InChI=1S/C11H16O8/c1-11(10(18)19,5-4-8(14)15)6(9(16)17)2-3-7(12)13/h6H,2-5H2,1H3,(H,12,13)(H,14,15)(H,16,17)(H,18,19). The number of hydrogen-bond donors (Lipinski definition) is 4. The van der Waals surface area contributed by atoms with Crippen LogP contribution in [0.15, 0.2) is 0 Å². The molecule has 0 amide bonds. The quantitative estimate of drug-likeness (QED) is 0.475. The summed E-state index contributed by atoms with van der Waals surface area (Å²) in [7, 11) is 0. The highest BCUT2D eigenvalue weighted by atomic mass is 16.4. The third-order valence-electron chi connectivity index (χ3n) is 3.06. The average molecular weight is 276 g/mol. The first-order chi connectivity index (χ1) is 8.61. The Balaban J connectivity index is 5.14. The number of hydrogen-bond acceptors (Lipinski definition) is 4. The lowest BCUT2D eigenvalue weighted by Crippen LogP contribution is -2.41. The van der Waals surface area contributed by atoms with Crippen LogP contribution in [0.5, 0.6) is 0 Å². The smallest absolute Gasteiger partial charge is 0.310 e. The van der Waals surface area contributed by atoms with E-state index in [1.54, 1.807) is 0 Å². The maximum absolute atomic E-state index is 11.2. The Morgan fingerprint density at radius 1 is 0.947 bits per heavy atom. The maximum Gasteiger partial charge on any atom is 0.310 e. The van der Waals surface area contributed by atoms with E-state index in [9.17, 15) is 19.2 Å². The van der Waals surface area contributed by atoms with Crippen molar-refractivity contribution in [1.29, 1.82) is 0 Å². The first-order valence-electron chi connectivity index (χ1n) is 5.51. The van der Waals surface area contributed by atoms with Crippen molar-refractivity contribution < 1.29 is 39.6 Å². The predicted octanol–water partition coefficient (Wildman–Crippen LogP) is 0.508. The molecule has 0 rings (SSSR count). The number of carbonyl (C=O) groups is 4. The van der Waals surface area contributed by atoms with Crippen LogP contribution in [0.25, 0.3) is 0 Å². The Bertz CT molecular complexity index is 388. The van der Waals surface area contributed by atoms with Crippen molar-refractivity contribution in [2.24, 2.45) is 11.3 Å². The fourth-order valence-corrected chi connectivity index (χ4v) is 1.78. The van der Waals surface area contributed by atoms with Crippen molar-refractivity contribution in [2.45, 2.75) is 32.6 Å². The van der Waals surface area contributed by atoms with E-state index in [-0.39, 0.29) is 12.8 Å². The third-order valence-corrected chi connectivity index (χ3v) is 3.06. The SMILES string of the molecule is CC(CCC(=O)O)(C(=O)O)C(CCC(=O)O)C(=O)O. The highest BCUT2D eigenvalue weighted by Gasteiger charge is 2.45. The highest BCUT2D eigenvalue weighted by molar-refractivity contribution is 5.84. The molecule has 0 saturated carbocycles. The minimum absolute atomic E-state index is 0.368. The summed E-state index contributed by atoms with van der Waals surface area (Å²) in [6.07, 6.45) is -1.74. The number of carboxylic acids is 4. The second-order valence-electron chi connectivity index (χ2n) is 4.44. The predicted molar refractivity (Wildman–Crippen MR) is 60.6 cm³/mol. The van der Waals surface area contributed by atoms with E-state index in [4.69, 9.17) is 20.4 Å². The van der Waals surface area contributed by atoms with Crippen LogP contribution >= 0.6 is 0 Å². The van der Waals surface area contributed by atoms with Crippen molar-refractivity contribution in [3.63, 3.8) is 0 Å². The molecule has 0 radical (unpaired) electrons. The summed E-state index contributed by atoms with van der Waals surface area (Å²) >= 11 is 0. The Morgan fingerprint density at radius 3 is 1.74 bits per heavy atom. The second kappa shape index (κ2) is 6.72. The van der Waals surface area contributed by atoms with Gasteiger partial charge >= 0.3 is 23.9 Å². The van der Waals surface area contributed by atoms with Gasteiger partial charge in [-0.1, -0.05) is 0 Å². The van der Waals surface area contributed by atoms with Gasteiger partial charge in [-0.05, 0) is 19.8 Å². The van der Waals surface area contributed by atoms with Gasteiger partial charge in [-0.15, -0.1) is 0 Å². The molecule has 0 heterocycles. The number of carboxylic acid groups (broad SMARTS) is 4. The molecule has 0 spiro atoms. The normalized spacial score (nSPS) is 15.2. The molecule has 0 aromatic carbocycles. The molecule has 0 aromatic heterocycles. The molecule has 4 N–H and O–H groups in total. The highest BCUT2D eigenvalue weighted by Crippen LogP contribution is 2.36. The lowest BCUT2D eigenvalue weighted by molar-refractivity contribution is -0.164. The monoisotopic (exact) mass is 276 g/mol. The van der Waals surface area contributed by atoms with E-state index >= 15 is 0 Å². The first-order valence-corrected chi connectivity index (χ1v) is 5.51. The average Bonchev–Trinajstić information content (AvgIpc) is 2.25. The molecule has 2 unspecified atom stereocenters. The third kappa shape index (κ3) is 4.94. The number of aliphatic carboxylic acids is 4. The maximum atomic E-state index is 11.2. The van der Waals surface area contributed by atoms with Crippen LogP contribution in [-0.4, -0.2) is 44.3 Å². The lowest BCUT2D eigenvalue weighted by atomic mass is 9.71. The van der Waals surface area contributed by atoms with Gasteiger partial charge in [0.25, 0.3) is 0 Å². The minimum atomic E-state index is -1.82. The van der Waals surface area contributed by atoms with Crippen molar-refractivity contribution in [3.8, 4) is 0 Å². The summed E-state index contributed by atoms with van der Waals surface area (Å²) in [6.45, 7) is 1.12. The molecule has 0 bridgehead atoms. The van der Waals surface area contributed by atoms with Crippen LogP contribution in [0.4, 0.5) is 0 Å². The Labute approximate surface area is 108 Å². The molecule has 0 fully saturated rings. The van der Waals surface area contributed by atoms with Gasteiger partial charge in [0.2, 0.25) is 0 Å². The largest absolute Gasteiger partial charge is 0.481 e. The molecular formula is C11H16O8. The van der Waals surface area contributed by atoms with Crippen LogP contribution in [0.3, 0.4) is 0 Å². The molecule has 2 atom stereocenters. The van der Waals surface area contributed by atoms with E-state index in [1.165, 1.54) is 0 Å². The van der Waals surface area contributed by atoms with Crippen LogP contribution in [0.2, 0.25) is 0 Å². The summed E-state index contributed by atoms with van der Waals surface area (Å²) in [5.41, 5.74) is -1.82. The van der Waals surface area contributed by atoms with Crippen LogP contribution in [0, 0.1) is 11.3 Å². The van der Waals surface area contributed by atoms with E-state index in [1.807, 2.05) is 0 Å². The molecule has 108 valence electrons. The van der Waals surface area contributed by atoms with Gasteiger partial charge in [0.1, 0.15) is 0 Å². The van der Waals surface area contributed by atoms with Gasteiger partial charge in [0.15, 0.2) is 0 Å². The zero-order chi connectivity index (χ0) is 15.2. The summed E-state index contributed by atoms with van der Waals surface area (Å²) in [6, 6.07) is 0. The van der Waals surface area contributed by atoms with Crippen LogP contribution in [-0.2, 0) is 19.2 Å². The van der Waals surface area contributed by atoms with E-state index in [0.717, 1.165) is 6.92 Å². The van der Waals surface area contributed by atoms with Gasteiger partial charge in [-0.3, -0.25) is 19.2 Å². The topological polar surface area (TPSA) is 149 Å². The Morgan fingerprint density at radius 2 is 1.42 bits per heavy atom. The van der Waals surface area contributed by atoms with E-state index in [0.29, 0.717) is 0 Å². The van der Waals surface area contributed by atoms with Gasteiger partial charge < -0.3 is 20.4 Å². The fourth-order valence-electron chi connectivity index (χ4n) is 1.78.